The van der Waals surface area contributed by atoms with Gasteiger partial charge >= 0.3 is 0 Å². The maximum atomic E-state index is 12.7. The third kappa shape index (κ3) is 3.45. The zero-order valence-electron chi connectivity index (χ0n) is 13.2. The summed E-state index contributed by atoms with van der Waals surface area (Å²) in [5.41, 5.74) is 3.59. The van der Waals surface area contributed by atoms with Crippen molar-refractivity contribution in [3.05, 3.63) is 59.7 Å². The molecule has 0 saturated carbocycles. The average molecular weight is 327 g/mol. The van der Waals surface area contributed by atoms with Gasteiger partial charge in [0.15, 0.2) is 23.1 Å². The first-order chi connectivity index (χ1) is 11.7. The Morgan fingerprint density at radius 3 is 2.58 bits per heavy atom. The number of benzene rings is 2. The van der Waals surface area contributed by atoms with Crippen molar-refractivity contribution in [2.24, 2.45) is 0 Å². The van der Waals surface area contributed by atoms with Gasteiger partial charge in [0, 0.05) is 17.5 Å². The van der Waals surface area contributed by atoms with E-state index in [0.29, 0.717) is 22.6 Å². The van der Waals surface area contributed by atoms with Crippen molar-refractivity contribution >= 4 is 11.6 Å². The van der Waals surface area contributed by atoms with Gasteiger partial charge in [-0.2, -0.15) is 5.48 Å². The fourth-order valence-corrected chi connectivity index (χ4v) is 2.51. The van der Waals surface area contributed by atoms with Gasteiger partial charge in [0.05, 0.1) is 7.11 Å². The van der Waals surface area contributed by atoms with Crippen molar-refractivity contribution in [1.29, 1.82) is 0 Å². The highest BCUT2D eigenvalue weighted by atomic mass is 16.7. The second-order valence-corrected chi connectivity index (χ2v) is 5.30. The fourth-order valence-electron chi connectivity index (χ4n) is 2.51. The number of carbonyl (C=O) groups excluding carboxylic acids is 2. The van der Waals surface area contributed by atoms with Gasteiger partial charge in [0.1, 0.15) is 6.04 Å². The number of hydrogen-bond acceptors (Lipinski definition) is 6. The predicted molar refractivity (Wildman–Crippen MR) is 86.2 cm³/mol. The number of hydrogen-bond donors (Lipinski definition) is 1. The molecule has 0 bridgehead atoms. The van der Waals surface area contributed by atoms with E-state index in [1.54, 1.807) is 42.5 Å². The first-order valence-electron chi connectivity index (χ1n) is 7.49. The summed E-state index contributed by atoms with van der Waals surface area (Å²) in [4.78, 5) is 30.0. The molecule has 6 heteroatoms. The van der Waals surface area contributed by atoms with Crippen LogP contribution in [0.4, 0.5) is 0 Å². The van der Waals surface area contributed by atoms with E-state index >= 15 is 0 Å². The molecule has 1 atom stereocenters. The second-order valence-electron chi connectivity index (χ2n) is 5.30. The molecule has 2 aromatic carbocycles. The quantitative estimate of drug-likeness (QED) is 0.622. The molecule has 1 aliphatic rings. The number of nitrogens with one attached hydrogen (secondary N) is 1. The Labute approximate surface area is 139 Å². The van der Waals surface area contributed by atoms with E-state index in [1.807, 2.05) is 6.07 Å². The van der Waals surface area contributed by atoms with Gasteiger partial charge in [-0.1, -0.05) is 30.3 Å². The Balaban J connectivity index is 1.77. The monoisotopic (exact) mass is 327 g/mol. The van der Waals surface area contributed by atoms with Crippen molar-refractivity contribution in [2.45, 2.75) is 12.5 Å². The maximum Gasteiger partial charge on any atom is 0.231 e. The predicted octanol–water partition coefficient (Wildman–Crippen LogP) is 2.39. The first kappa shape index (κ1) is 16.2. The molecule has 1 heterocycles. The average Bonchev–Trinajstić information content (AvgIpc) is 3.09. The lowest BCUT2D eigenvalue weighted by Gasteiger charge is -2.16. The molecular formula is C18H17NO5. The van der Waals surface area contributed by atoms with Crippen LogP contribution in [-0.4, -0.2) is 31.5 Å². The summed E-state index contributed by atoms with van der Waals surface area (Å²) in [6, 6.07) is 13.0. The van der Waals surface area contributed by atoms with E-state index in [4.69, 9.17) is 14.3 Å². The number of hydroxylamine groups is 1. The standard InChI is InChI=1S/C18H17NO5/c1-22-19-14(10-15(20)12-5-3-2-4-6-12)18(21)13-7-8-16-17(9-13)24-11-23-16/h2-9,14,19H,10-11H2,1H3. The van der Waals surface area contributed by atoms with Crippen LogP contribution in [0, 0.1) is 0 Å². The molecule has 0 aromatic heterocycles. The first-order valence-corrected chi connectivity index (χ1v) is 7.49. The molecule has 2 aromatic rings. The van der Waals surface area contributed by atoms with Gasteiger partial charge in [-0.3, -0.25) is 9.59 Å². The zero-order chi connectivity index (χ0) is 16.9. The molecule has 3 rings (SSSR count). The summed E-state index contributed by atoms with van der Waals surface area (Å²) < 4.78 is 10.5. The lowest BCUT2D eigenvalue weighted by molar-refractivity contribution is 0.0473. The maximum absolute atomic E-state index is 12.7. The molecule has 24 heavy (non-hydrogen) atoms. The molecule has 0 fully saturated rings. The molecule has 0 aliphatic carbocycles. The summed E-state index contributed by atoms with van der Waals surface area (Å²) in [7, 11) is 1.41. The SMILES string of the molecule is CONC(CC(=O)c1ccccc1)C(=O)c1ccc2c(c1)OCO2. The van der Waals surface area contributed by atoms with Crippen molar-refractivity contribution in [1.82, 2.24) is 5.48 Å². The van der Waals surface area contributed by atoms with Crippen LogP contribution in [0.1, 0.15) is 27.1 Å². The number of carbonyl (C=O) groups is 2. The molecular weight excluding hydrogens is 310 g/mol. The van der Waals surface area contributed by atoms with Crippen LogP contribution in [-0.2, 0) is 4.84 Å². The van der Waals surface area contributed by atoms with Crippen LogP contribution >= 0.6 is 0 Å². The summed E-state index contributed by atoms with van der Waals surface area (Å²) in [5.74, 6) is 0.730. The van der Waals surface area contributed by atoms with E-state index < -0.39 is 6.04 Å². The molecule has 1 unspecified atom stereocenters. The van der Waals surface area contributed by atoms with E-state index in [1.165, 1.54) is 7.11 Å². The fraction of sp³-hybridized carbons (Fsp3) is 0.222. The molecule has 1 aliphatic heterocycles. The van der Waals surface area contributed by atoms with Crippen molar-refractivity contribution in [2.75, 3.05) is 13.9 Å². The minimum atomic E-state index is -0.789. The molecule has 0 saturated heterocycles. The van der Waals surface area contributed by atoms with Crippen molar-refractivity contribution < 1.29 is 23.9 Å². The van der Waals surface area contributed by atoms with E-state index in [0.717, 1.165) is 0 Å². The van der Waals surface area contributed by atoms with Crippen LogP contribution in [0.5, 0.6) is 11.5 Å². The summed E-state index contributed by atoms with van der Waals surface area (Å²) in [6.07, 6.45) is -0.00880. The summed E-state index contributed by atoms with van der Waals surface area (Å²) in [5, 5.41) is 0. The van der Waals surface area contributed by atoms with E-state index in [2.05, 4.69) is 5.48 Å². The van der Waals surface area contributed by atoms with Gasteiger partial charge < -0.3 is 14.3 Å². The molecule has 0 amide bonds. The van der Waals surface area contributed by atoms with Gasteiger partial charge in [0.2, 0.25) is 6.79 Å². The minimum Gasteiger partial charge on any atom is -0.454 e. The van der Waals surface area contributed by atoms with Crippen molar-refractivity contribution in [3.8, 4) is 11.5 Å². The molecule has 1 N–H and O–H groups in total. The number of ketones is 2. The Hall–Kier alpha value is -2.70. The van der Waals surface area contributed by atoms with Crippen LogP contribution in [0.25, 0.3) is 0 Å². The highest BCUT2D eigenvalue weighted by molar-refractivity contribution is 6.05. The van der Waals surface area contributed by atoms with Gasteiger partial charge in [-0.25, -0.2) is 0 Å². The van der Waals surface area contributed by atoms with Gasteiger partial charge in [-0.15, -0.1) is 0 Å². The van der Waals surface area contributed by atoms with E-state index in [9.17, 15) is 9.59 Å². The molecule has 0 spiro atoms. The highest BCUT2D eigenvalue weighted by Crippen LogP contribution is 2.32. The normalized spacial score (nSPS) is 13.5. The minimum absolute atomic E-state index is 0.00880. The number of Topliss-reactive ketones (excluding diaryl/α,β-unsaturated/α-hetero) is 2. The largest absolute Gasteiger partial charge is 0.454 e. The Bertz CT molecular complexity index is 744. The van der Waals surface area contributed by atoms with E-state index in [-0.39, 0.29) is 24.8 Å². The molecule has 6 nitrogen and oxygen atoms in total. The van der Waals surface area contributed by atoms with Gasteiger partial charge in [0.25, 0.3) is 0 Å². The Kier molecular flexibility index (Phi) is 4.88. The Morgan fingerprint density at radius 1 is 1.08 bits per heavy atom. The number of ether oxygens (including phenoxy) is 2. The smallest absolute Gasteiger partial charge is 0.231 e. The second kappa shape index (κ2) is 7.25. The highest BCUT2D eigenvalue weighted by Gasteiger charge is 2.25. The van der Waals surface area contributed by atoms with Crippen molar-refractivity contribution in [3.63, 3.8) is 0 Å². The lowest BCUT2D eigenvalue weighted by Crippen LogP contribution is -2.38. The van der Waals surface area contributed by atoms with Crippen LogP contribution in [0.2, 0.25) is 0 Å². The third-order valence-electron chi connectivity index (χ3n) is 3.72. The topological polar surface area (TPSA) is 73.9 Å². The summed E-state index contributed by atoms with van der Waals surface area (Å²) in [6.45, 7) is 0.138. The van der Waals surface area contributed by atoms with Crippen LogP contribution < -0.4 is 15.0 Å². The molecule has 124 valence electrons. The van der Waals surface area contributed by atoms with Crippen LogP contribution in [0.3, 0.4) is 0 Å². The lowest BCUT2D eigenvalue weighted by atomic mass is 9.97. The zero-order valence-corrected chi connectivity index (χ0v) is 13.2. The number of rotatable bonds is 7. The van der Waals surface area contributed by atoms with Crippen LogP contribution in [0.15, 0.2) is 48.5 Å². The number of fused-ring (bicyclic) bond motifs is 1. The van der Waals surface area contributed by atoms with Gasteiger partial charge in [-0.05, 0) is 18.2 Å². The third-order valence-corrected chi connectivity index (χ3v) is 3.72. The Morgan fingerprint density at radius 2 is 1.83 bits per heavy atom. The molecule has 0 radical (unpaired) electrons. The summed E-state index contributed by atoms with van der Waals surface area (Å²) >= 11 is 0.